The highest BCUT2D eigenvalue weighted by Crippen LogP contribution is 2.25. The number of hydrogen-bond acceptors (Lipinski definition) is 3. The molecule has 0 fully saturated rings. The van der Waals surface area contributed by atoms with Crippen LogP contribution in [-0.4, -0.2) is 30.8 Å². The Morgan fingerprint density at radius 1 is 1.33 bits per heavy atom. The van der Waals surface area contributed by atoms with Gasteiger partial charge in [0, 0.05) is 6.54 Å². The van der Waals surface area contributed by atoms with Gasteiger partial charge in [-0.05, 0) is 37.5 Å². The summed E-state index contributed by atoms with van der Waals surface area (Å²) in [4.78, 5) is 12.4. The summed E-state index contributed by atoms with van der Waals surface area (Å²) in [7, 11) is 1.61. The van der Waals surface area contributed by atoms with E-state index >= 15 is 0 Å². The number of ether oxygens (including phenoxy) is 1. The van der Waals surface area contributed by atoms with Gasteiger partial charge in [-0.2, -0.15) is 0 Å². The van der Waals surface area contributed by atoms with Gasteiger partial charge in [0.2, 0.25) is 5.91 Å². The van der Waals surface area contributed by atoms with Crippen molar-refractivity contribution in [3.05, 3.63) is 29.8 Å². The van der Waals surface area contributed by atoms with E-state index in [1.54, 1.807) is 7.11 Å². The van der Waals surface area contributed by atoms with Crippen molar-refractivity contribution >= 4 is 5.91 Å². The van der Waals surface area contributed by atoms with Crippen molar-refractivity contribution in [3.63, 3.8) is 0 Å². The zero-order chi connectivity index (χ0) is 16.0. The van der Waals surface area contributed by atoms with Crippen LogP contribution in [-0.2, 0) is 10.2 Å². The summed E-state index contributed by atoms with van der Waals surface area (Å²) >= 11 is 0. The molecule has 0 saturated carbocycles. The molecule has 0 aromatic heterocycles. The largest absolute Gasteiger partial charge is 0.497 e. The lowest BCUT2D eigenvalue weighted by Gasteiger charge is -2.26. The van der Waals surface area contributed by atoms with Gasteiger partial charge >= 0.3 is 0 Å². The monoisotopic (exact) mass is 293 g/mol. The molecule has 1 amide bonds. The maximum atomic E-state index is 12.4. The summed E-state index contributed by atoms with van der Waals surface area (Å²) in [6.07, 6.45) is 0.379. The Morgan fingerprint density at radius 3 is 2.38 bits per heavy atom. The van der Waals surface area contributed by atoms with Gasteiger partial charge in [-0.1, -0.05) is 32.4 Å². The lowest BCUT2D eigenvalue weighted by Crippen LogP contribution is -2.44. The molecule has 118 valence electrons. The number of aliphatic hydroxyl groups excluding tert-OH is 1. The molecule has 4 nitrogen and oxygen atoms in total. The molecule has 21 heavy (non-hydrogen) atoms. The first-order valence-corrected chi connectivity index (χ1v) is 7.43. The highest BCUT2D eigenvalue weighted by molar-refractivity contribution is 5.87. The summed E-state index contributed by atoms with van der Waals surface area (Å²) in [5, 5.41) is 12.8. The van der Waals surface area contributed by atoms with E-state index in [1.165, 1.54) is 0 Å². The molecule has 0 aliphatic heterocycles. The third kappa shape index (κ3) is 4.46. The summed E-state index contributed by atoms with van der Waals surface area (Å²) in [6, 6.07) is 7.48. The minimum absolute atomic E-state index is 0.0879. The van der Waals surface area contributed by atoms with Crippen LogP contribution in [0, 0.1) is 5.92 Å². The molecule has 0 aliphatic carbocycles. The molecule has 2 atom stereocenters. The summed E-state index contributed by atoms with van der Waals surface area (Å²) in [5.41, 5.74) is 0.264. The molecule has 2 unspecified atom stereocenters. The predicted octanol–water partition coefficient (Wildman–Crippen LogP) is 2.50. The molecule has 0 heterocycles. The van der Waals surface area contributed by atoms with E-state index in [0.717, 1.165) is 17.7 Å². The second kappa shape index (κ2) is 7.46. The molecule has 0 saturated heterocycles. The van der Waals surface area contributed by atoms with Crippen LogP contribution in [0.25, 0.3) is 0 Å². The SMILES string of the molecule is CCC(C)C(O)CNC(=O)C(C)(C)c1ccc(OC)cc1. The van der Waals surface area contributed by atoms with Crippen LogP contribution >= 0.6 is 0 Å². The van der Waals surface area contributed by atoms with Crippen molar-refractivity contribution in [2.75, 3.05) is 13.7 Å². The predicted molar refractivity (Wildman–Crippen MR) is 84.5 cm³/mol. The zero-order valence-corrected chi connectivity index (χ0v) is 13.6. The van der Waals surface area contributed by atoms with E-state index in [9.17, 15) is 9.90 Å². The van der Waals surface area contributed by atoms with Gasteiger partial charge in [0.25, 0.3) is 0 Å². The van der Waals surface area contributed by atoms with Crippen molar-refractivity contribution < 1.29 is 14.6 Å². The number of aliphatic hydroxyl groups is 1. The Hall–Kier alpha value is -1.55. The fourth-order valence-electron chi connectivity index (χ4n) is 2.03. The van der Waals surface area contributed by atoms with Crippen LogP contribution in [0.5, 0.6) is 5.75 Å². The van der Waals surface area contributed by atoms with Gasteiger partial charge in [0.05, 0.1) is 18.6 Å². The Balaban J connectivity index is 2.70. The quantitative estimate of drug-likeness (QED) is 0.812. The van der Waals surface area contributed by atoms with Crippen LogP contribution in [0.15, 0.2) is 24.3 Å². The second-order valence-corrected chi connectivity index (χ2v) is 6.02. The van der Waals surface area contributed by atoms with Gasteiger partial charge in [-0.25, -0.2) is 0 Å². The Bertz CT molecular complexity index is 454. The van der Waals surface area contributed by atoms with Crippen molar-refractivity contribution in [1.82, 2.24) is 5.32 Å². The van der Waals surface area contributed by atoms with Crippen molar-refractivity contribution in [3.8, 4) is 5.75 Å². The maximum Gasteiger partial charge on any atom is 0.230 e. The number of carbonyl (C=O) groups excluding carboxylic acids is 1. The van der Waals surface area contributed by atoms with Gasteiger partial charge in [0.15, 0.2) is 0 Å². The van der Waals surface area contributed by atoms with Crippen molar-refractivity contribution in [2.45, 2.75) is 45.6 Å². The van der Waals surface area contributed by atoms with Crippen LogP contribution in [0.1, 0.15) is 39.7 Å². The van der Waals surface area contributed by atoms with Crippen LogP contribution < -0.4 is 10.1 Å². The van der Waals surface area contributed by atoms with E-state index in [4.69, 9.17) is 4.74 Å². The van der Waals surface area contributed by atoms with E-state index in [0.29, 0.717) is 0 Å². The Labute approximate surface area is 127 Å². The number of carbonyl (C=O) groups is 1. The van der Waals surface area contributed by atoms with Gasteiger partial charge < -0.3 is 15.2 Å². The Kier molecular flexibility index (Phi) is 6.21. The normalized spacial score (nSPS) is 14.4. The fraction of sp³-hybridized carbons (Fsp3) is 0.588. The molecule has 0 radical (unpaired) electrons. The fourth-order valence-corrected chi connectivity index (χ4v) is 2.03. The average molecular weight is 293 g/mol. The molecule has 1 rings (SSSR count). The summed E-state index contributed by atoms with van der Waals surface area (Å²) in [6.45, 7) is 8.04. The number of methoxy groups -OCH3 is 1. The lowest BCUT2D eigenvalue weighted by atomic mass is 9.83. The molecule has 1 aromatic rings. The standard InChI is InChI=1S/C17H27NO3/c1-6-12(2)15(19)11-18-16(20)17(3,4)13-7-9-14(21-5)10-8-13/h7-10,12,15,19H,6,11H2,1-5H3,(H,18,20). The molecule has 2 N–H and O–H groups in total. The van der Waals surface area contributed by atoms with Crippen LogP contribution in [0.3, 0.4) is 0 Å². The third-order valence-electron chi connectivity index (χ3n) is 4.15. The molecule has 1 aromatic carbocycles. The molecule has 0 aliphatic rings. The van der Waals surface area contributed by atoms with Crippen LogP contribution in [0.2, 0.25) is 0 Å². The van der Waals surface area contributed by atoms with Gasteiger partial charge in [-0.3, -0.25) is 4.79 Å². The van der Waals surface area contributed by atoms with Gasteiger partial charge in [0.1, 0.15) is 5.75 Å². The van der Waals surface area contributed by atoms with E-state index in [-0.39, 0.29) is 18.4 Å². The van der Waals surface area contributed by atoms with E-state index in [1.807, 2.05) is 52.0 Å². The molecule has 0 bridgehead atoms. The Morgan fingerprint density at radius 2 is 1.90 bits per heavy atom. The molecular weight excluding hydrogens is 266 g/mol. The van der Waals surface area contributed by atoms with Gasteiger partial charge in [-0.15, -0.1) is 0 Å². The zero-order valence-electron chi connectivity index (χ0n) is 13.6. The lowest BCUT2D eigenvalue weighted by molar-refractivity contribution is -0.126. The minimum atomic E-state index is -0.651. The molecule has 0 spiro atoms. The molecular formula is C17H27NO3. The number of hydrogen-bond donors (Lipinski definition) is 2. The topological polar surface area (TPSA) is 58.6 Å². The number of amides is 1. The first-order valence-electron chi connectivity index (χ1n) is 7.43. The summed E-state index contributed by atoms with van der Waals surface area (Å²) in [5.74, 6) is 0.853. The summed E-state index contributed by atoms with van der Waals surface area (Å²) < 4.78 is 5.13. The number of nitrogens with one attached hydrogen (secondary N) is 1. The van der Waals surface area contributed by atoms with E-state index in [2.05, 4.69) is 5.32 Å². The maximum absolute atomic E-state index is 12.4. The number of rotatable bonds is 7. The van der Waals surface area contributed by atoms with Crippen molar-refractivity contribution in [2.24, 2.45) is 5.92 Å². The van der Waals surface area contributed by atoms with E-state index < -0.39 is 11.5 Å². The highest BCUT2D eigenvalue weighted by atomic mass is 16.5. The number of benzene rings is 1. The smallest absolute Gasteiger partial charge is 0.230 e. The van der Waals surface area contributed by atoms with Crippen molar-refractivity contribution in [1.29, 1.82) is 0 Å². The first-order chi connectivity index (χ1) is 9.82. The third-order valence-corrected chi connectivity index (χ3v) is 4.15. The second-order valence-electron chi connectivity index (χ2n) is 6.02. The highest BCUT2D eigenvalue weighted by Gasteiger charge is 2.30. The van der Waals surface area contributed by atoms with Crippen LogP contribution in [0.4, 0.5) is 0 Å². The molecule has 4 heteroatoms. The first kappa shape index (κ1) is 17.5. The average Bonchev–Trinajstić information content (AvgIpc) is 2.51. The minimum Gasteiger partial charge on any atom is -0.497 e.